The van der Waals surface area contributed by atoms with Gasteiger partial charge >= 0.3 is 0 Å². The number of nitrogens with two attached hydrogens (primary N) is 1. The molecule has 0 saturated heterocycles. The highest BCUT2D eigenvalue weighted by Gasteiger charge is 2.07. The standard InChI is InChI=1S/C15H17N3O/c1-10-5-6-17-8-13(10)9-18-15(19)12-4-3-11(2)14(16)7-12/h3-8H,9,16H2,1-2H3,(H,18,19). The molecule has 0 saturated carbocycles. The van der Waals surface area contributed by atoms with E-state index in [-0.39, 0.29) is 5.91 Å². The Balaban J connectivity index is 2.05. The van der Waals surface area contributed by atoms with E-state index in [1.165, 1.54) is 0 Å². The predicted molar refractivity (Wildman–Crippen MR) is 75.7 cm³/mol. The van der Waals surface area contributed by atoms with E-state index in [2.05, 4.69) is 10.3 Å². The van der Waals surface area contributed by atoms with Gasteiger partial charge in [0.25, 0.3) is 5.91 Å². The summed E-state index contributed by atoms with van der Waals surface area (Å²) in [6.45, 7) is 4.37. The summed E-state index contributed by atoms with van der Waals surface area (Å²) in [5.74, 6) is -0.130. The first-order valence-electron chi connectivity index (χ1n) is 6.12. The monoisotopic (exact) mass is 255 g/mol. The predicted octanol–water partition coefficient (Wildman–Crippen LogP) is 2.21. The molecule has 0 atom stereocenters. The molecule has 1 aromatic carbocycles. The molecule has 0 fully saturated rings. The average Bonchev–Trinajstić information content (AvgIpc) is 2.40. The second-order valence-electron chi connectivity index (χ2n) is 4.56. The third-order valence-corrected chi connectivity index (χ3v) is 3.13. The van der Waals surface area contributed by atoms with Crippen molar-refractivity contribution in [1.82, 2.24) is 10.3 Å². The van der Waals surface area contributed by atoms with Crippen molar-refractivity contribution in [2.45, 2.75) is 20.4 Å². The summed E-state index contributed by atoms with van der Waals surface area (Å²) in [6, 6.07) is 7.24. The van der Waals surface area contributed by atoms with E-state index < -0.39 is 0 Å². The van der Waals surface area contributed by atoms with Gasteiger partial charge in [-0.05, 0) is 48.7 Å². The van der Waals surface area contributed by atoms with E-state index in [0.717, 1.165) is 16.7 Å². The minimum Gasteiger partial charge on any atom is -0.398 e. The van der Waals surface area contributed by atoms with Crippen LogP contribution in [0.4, 0.5) is 5.69 Å². The van der Waals surface area contributed by atoms with Crippen LogP contribution in [0.1, 0.15) is 27.0 Å². The summed E-state index contributed by atoms with van der Waals surface area (Å²) in [6.07, 6.45) is 3.50. The normalized spacial score (nSPS) is 10.2. The molecule has 1 heterocycles. The number of pyridine rings is 1. The van der Waals surface area contributed by atoms with Crippen LogP contribution in [0.3, 0.4) is 0 Å². The molecule has 0 radical (unpaired) electrons. The van der Waals surface area contributed by atoms with Gasteiger partial charge in [-0.3, -0.25) is 9.78 Å². The molecule has 0 aliphatic rings. The molecule has 0 aliphatic heterocycles. The fourth-order valence-corrected chi connectivity index (χ4v) is 1.74. The lowest BCUT2D eigenvalue weighted by Gasteiger charge is -2.08. The van der Waals surface area contributed by atoms with Crippen LogP contribution in [-0.4, -0.2) is 10.9 Å². The summed E-state index contributed by atoms with van der Waals surface area (Å²) in [7, 11) is 0. The number of nitrogen functional groups attached to an aromatic ring is 1. The van der Waals surface area contributed by atoms with Crippen LogP contribution in [0.2, 0.25) is 0 Å². The highest BCUT2D eigenvalue weighted by atomic mass is 16.1. The van der Waals surface area contributed by atoms with Gasteiger partial charge in [-0.25, -0.2) is 0 Å². The fourth-order valence-electron chi connectivity index (χ4n) is 1.74. The van der Waals surface area contributed by atoms with Crippen molar-refractivity contribution in [2.75, 3.05) is 5.73 Å². The number of rotatable bonds is 3. The Morgan fingerprint density at radius 3 is 2.74 bits per heavy atom. The molecule has 3 N–H and O–H groups in total. The summed E-state index contributed by atoms with van der Waals surface area (Å²) < 4.78 is 0. The number of benzene rings is 1. The maximum Gasteiger partial charge on any atom is 0.251 e. The molecule has 1 aromatic heterocycles. The summed E-state index contributed by atoms with van der Waals surface area (Å²) in [4.78, 5) is 16.1. The number of aromatic nitrogens is 1. The van der Waals surface area contributed by atoms with Crippen LogP contribution in [0.5, 0.6) is 0 Å². The van der Waals surface area contributed by atoms with Gasteiger partial charge in [0.1, 0.15) is 0 Å². The summed E-state index contributed by atoms with van der Waals surface area (Å²) >= 11 is 0. The highest BCUT2D eigenvalue weighted by Crippen LogP contribution is 2.13. The second-order valence-corrected chi connectivity index (χ2v) is 4.56. The number of nitrogens with one attached hydrogen (secondary N) is 1. The Kier molecular flexibility index (Phi) is 3.80. The van der Waals surface area contributed by atoms with Gasteiger partial charge in [0.2, 0.25) is 0 Å². The Morgan fingerprint density at radius 1 is 1.26 bits per heavy atom. The number of nitrogens with zero attached hydrogens (tertiary/aromatic N) is 1. The topological polar surface area (TPSA) is 68.0 Å². The zero-order chi connectivity index (χ0) is 13.8. The smallest absolute Gasteiger partial charge is 0.251 e. The van der Waals surface area contributed by atoms with Crippen molar-refractivity contribution in [2.24, 2.45) is 0 Å². The van der Waals surface area contributed by atoms with E-state index in [1.54, 1.807) is 24.5 Å². The Hall–Kier alpha value is -2.36. The Labute approximate surface area is 112 Å². The van der Waals surface area contributed by atoms with Crippen molar-refractivity contribution < 1.29 is 4.79 Å². The van der Waals surface area contributed by atoms with Crippen molar-refractivity contribution in [3.05, 3.63) is 58.9 Å². The lowest BCUT2D eigenvalue weighted by molar-refractivity contribution is 0.0951. The van der Waals surface area contributed by atoms with Crippen LogP contribution in [0, 0.1) is 13.8 Å². The van der Waals surface area contributed by atoms with E-state index in [1.807, 2.05) is 26.0 Å². The maximum atomic E-state index is 12.0. The van der Waals surface area contributed by atoms with Crippen LogP contribution < -0.4 is 11.1 Å². The van der Waals surface area contributed by atoms with Crippen LogP contribution in [0.15, 0.2) is 36.7 Å². The van der Waals surface area contributed by atoms with Gasteiger partial charge in [-0.15, -0.1) is 0 Å². The largest absolute Gasteiger partial charge is 0.398 e. The number of carbonyl (C=O) groups is 1. The maximum absolute atomic E-state index is 12.0. The minimum atomic E-state index is -0.130. The molecule has 0 bridgehead atoms. The first-order chi connectivity index (χ1) is 9.08. The van der Waals surface area contributed by atoms with E-state index in [9.17, 15) is 4.79 Å². The first kappa shape index (κ1) is 13.1. The van der Waals surface area contributed by atoms with E-state index >= 15 is 0 Å². The van der Waals surface area contributed by atoms with E-state index in [0.29, 0.717) is 17.8 Å². The van der Waals surface area contributed by atoms with Gasteiger partial charge in [0.05, 0.1) is 0 Å². The fraction of sp³-hybridized carbons (Fsp3) is 0.200. The highest BCUT2D eigenvalue weighted by molar-refractivity contribution is 5.95. The lowest BCUT2D eigenvalue weighted by Crippen LogP contribution is -2.23. The Morgan fingerprint density at radius 2 is 2.05 bits per heavy atom. The SMILES string of the molecule is Cc1ccc(C(=O)NCc2cnccc2C)cc1N. The van der Waals surface area contributed by atoms with Crippen LogP contribution >= 0.6 is 0 Å². The number of amides is 1. The van der Waals surface area contributed by atoms with Crippen molar-refractivity contribution >= 4 is 11.6 Å². The second kappa shape index (κ2) is 5.52. The molecule has 0 aliphatic carbocycles. The van der Waals surface area contributed by atoms with Gasteiger partial charge in [-0.1, -0.05) is 6.07 Å². The van der Waals surface area contributed by atoms with Gasteiger partial charge in [0, 0.05) is 30.2 Å². The summed E-state index contributed by atoms with van der Waals surface area (Å²) in [5.41, 5.74) is 10.1. The average molecular weight is 255 g/mol. The van der Waals surface area contributed by atoms with Crippen molar-refractivity contribution in [3.63, 3.8) is 0 Å². The zero-order valence-corrected chi connectivity index (χ0v) is 11.1. The van der Waals surface area contributed by atoms with E-state index in [4.69, 9.17) is 5.73 Å². The molecule has 1 amide bonds. The number of aryl methyl sites for hydroxylation is 2. The molecule has 19 heavy (non-hydrogen) atoms. The molecular formula is C15H17N3O. The van der Waals surface area contributed by atoms with Crippen LogP contribution in [-0.2, 0) is 6.54 Å². The third-order valence-electron chi connectivity index (χ3n) is 3.13. The van der Waals surface area contributed by atoms with Gasteiger partial charge in [0.15, 0.2) is 0 Å². The number of carbonyl (C=O) groups excluding carboxylic acids is 1. The van der Waals surface area contributed by atoms with Crippen molar-refractivity contribution in [3.8, 4) is 0 Å². The molecule has 4 heteroatoms. The first-order valence-corrected chi connectivity index (χ1v) is 6.12. The zero-order valence-electron chi connectivity index (χ0n) is 11.1. The molecule has 98 valence electrons. The molecule has 4 nitrogen and oxygen atoms in total. The van der Waals surface area contributed by atoms with Gasteiger partial charge in [-0.2, -0.15) is 0 Å². The lowest BCUT2D eigenvalue weighted by atomic mass is 10.1. The van der Waals surface area contributed by atoms with Crippen molar-refractivity contribution in [1.29, 1.82) is 0 Å². The Bertz CT molecular complexity index is 608. The number of anilines is 1. The van der Waals surface area contributed by atoms with Crippen LogP contribution in [0.25, 0.3) is 0 Å². The number of hydrogen-bond donors (Lipinski definition) is 2. The number of hydrogen-bond acceptors (Lipinski definition) is 3. The third kappa shape index (κ3) is 3.10. The quantitative estimate of drug-likeness (QED) is 0.826. The molecule has 0 spiro atoms. The molecular weight excluding hydrogens is 238 g/mol. The van der Waals surface area contributed by atoms with Gasteiger partial charge < -0.3 is 11.1 Å². The molecule has 0 unspecified atom stereocenters. The molecule has 2 aromatic rings. The molecule has 2 rings (SSSR count). The summed E-state index contributed by atoms with van der Waals surface area (Å²) in [5, 5.41) is 2.87. The minimum absolute atomic E-state index is 0.130.